The van der Waals surface area contributed by atoms with Crippen molar-refractivity contribution in [3.05, 3.63) is 28.8 Å². The Balaban J connectivity index is 2.06. The van der Waals surface area contributed by atoms with Crippen LogP contribution in [0.25, 0.3) is 0 Å². The van der Waals surface area contributed by atoms with Gasteiger partial charge >= 0.3 is 0 Å². The molecular weight excluding hydrogens is 256 g/mol. The van der Waals surface area contributed by atoms with Crippen molar-refractivity contribution in [2.75, 3.05) is 17.2 Å². The number of benzene rings is 1. The van der Waals surface area contributed by atoms with Gasteiger partial charge in [-0.15, -0.1) is 0 Å². The van der Waals surface area contributed by atoms with Crippen LogP contribution >= 0.6 is 23.4 Å². The largest absolute Gasteiger partial charge is 0.398 e. The predicted molar refractivity (Wildman–Crippen MR) is 73.7 cm³/mol. The quantitative estimate of drug-likeness (QED) is 0.812. The zero-order chi connectivity index (χ0) is 12.3. The minimum atomic E-state index is -0.126. The highest BCUT2D eigenvalue weighted by Crippen LogP contribution is 2.24. The van der Waals surface area contributed by atoms with E-state index in [1.807, 2.05) is 11.8 Å². The summed E-state index contributed by atoms with van der Waals surface area (Å²) in [4.78, 5) is 12.0. The number of halogens is 1. The number of nitrogen functional groups attached to an aromatic ring is 1. The highest BCUT2D eigenvalue weighted by molar-refractivity contribution is 7.99. The van der Waals surface area contributed by atoms with E-state index in [1.165, 1.54) is 0 Å². The number of carbonyl (C=O) groups excluding carboxylic acids is 1. The standard InChI is InChI=1S/C12H15ClN2OS/c13-11-9(2-1-3-10(11)14)12(16)15-8-4-6-17-7-5-8/h1-3,8H,4-7,14H2,(H,15,16). The molecule has 0 unspecified atom stereocenters. The minimum absolute atomic E-state index is 0.126. The van der Waals surface area contributed by atoms with Crippen LogP contribution in [-0.2, 0) is 0 Å². The topological polar surface area (TPSA) is 55.1 Å². The molecule has 3 nitrogen and oxygen atoms in total. The van der Waals surface area contributed by atoms with Crippen LogP contribution in [0.4, 0.5) is 5.69 Å². The fourth-order valence-corrected chi connectivity index (χ4v) is 3.15. The minimum Gasteiger partial charge on any atom is -0.398 e. The maximum absolute atomic E-state index is 12.0. The molecular formula is C12H15ClN2OS. The van der Waals surface area contributed by atoms with Crippen LogP contribution < -0.4 is 11.1 Å². The van der Waals surface area contributed by atoms with Crippen molar-refractivity contribution in [1.29, 1.82) is 0 Å². The highest BCUT2D eigenvalue weighted by atomic mass is 35.5. The molecule has 1 saturated heterocycles. The lowest BCUT2D eigenvalue weighted by Gasteiger charge is -2.22. The normalized spacial score (nSPS) is 16.8. The number of anilines is 1. The molecule has 92 valence electrons. The van der Waals surface area contributed by atoms with Gasteiger partial charge in [-0.05, 0) is 36.5 Å². The molecule has 0 saturated carbocycles. The summed E-state index contributed by atoms with van der Waals surface area (Å²) in [5.41, 5.74) is 6.58. The molecule has 0 bridgehead atoms. The molecule has 1 aliphatic rings. The maximum atomic E-state index is 12.0. The fraction of sp³-hybridized carbons (Fsp3) is 0.417. The van der Waals surface area contributed by atoms with Crippen molar-refractivity contribution in [3.63, 3.8) is 0 Å². The number of hydrogen-bond donors (Lipinski definition) is 2. The Labute approximate surface area is 110 Å². The van der Waals surface area contributed by atoms with E-state index < -0.39 is 0 Å². The van der Waals surface area contributed by atoms with Crippen molar-refractivity contribution in [2.45, 2.75) is 18.9 Å². The van der Waals surface area contributed by atoms with E-state index in [2.05, 4.69) is 5.32 Å². The van der Waals surface area contributed by atoms with Crippen LogP contribution in [-0.4, -0.2) is 23.5 Å². The van der Waals surface area contributed by atoms with Gasteiger partial charge in [0.15, 0.2) is 0 Å². The van der Waals surface area contributed by atoms with Gasteiger partial charge in [0.25, 0.3) is 5.91 Å². The Bertz CT molecular complexity index is 419. The van der Waals surface area contributed by atoms with E-state index >= 15 is 0 Å². The van der Waals surface area contributed by atoms with Crippen molar-refractivity contribution >= 4 is 35.0 Å². The van der Waals surface area contributed by atoms with Crippen molar-refractivity contribution < 1.29 is 4.79 Å². The number of hydrogen-bond acceptors (Lipinski definition) is 3. The fourth-order valence-electron chi connectivity index (χ4n) is 1.83. The average Bonchev–Trinajstić information content (AvgIpc) is 2.34. The molecule has 1 aromatic carbocycles. The van der Waals surface area contributed by atoms with Crippen LogP contribution in [0.15, 0.2) is 18.2 Å². The molecule has 17 heavy (non-hydrogen) atoms. The van der Waals surface area contributed by atoms with Crippen LogP contribution in [0, 0.1) is 0 Å². The second-order valence-electron chi connectivity index (χ2n) is 4.07. The lowest BCUT2D eigenvalue weighted by atomic mass is 10.1. The van der Waals surface area contributed by atoms with Gasteiger partial charge in [0.05, 0.1) is 16.3 Å². The van der Waals surface area contributed by atoms with Crippen molar-refractivity contribution in [3.8, 4) is 0 Å². The first kappa shape index (κ1) is 12.6. The maximum Gasteiger partial charge on any atom is 0.253 e. The summed E-state index contributed by atoms with van der Waals surface area (Å²) in [6, 6.07) is 5.40. The van der Waals surface area contributed by atoms with E-state index in [4.69, 9.17) is 17.3 Å². The van der Waals surface area contributed by atoms with Gasteiger partial charge in [-0.2, -0.15) is 11.8 Å². The number of thioether (sulfide) groups is 1. The van der Waals surface area contributed by atoms with Crippen molar-refractivity contribution in [2.24, 2.45) is 0 Å². The lowest BCUT2D eigenvalue weighted by Crippen LogP contribution is -2.37. The van der Waals surface area contributed by atoms with E-state index in [9.17, 15) is 4.79 Å². The monoisotopic (exact) mass is 270 g/mol. The SMILES string of the molecule is Nc1cccc(C(=O)NC2CCSCC2)c1Cl. The third kappa shape index (κ3) is 3.07. The second kappa shape index (κ2) is 5.65. The van der Waals surface area contributed by atoms with E-state index in [-0.39, 0.29) is 11.9 Å². The van der Waals surface area contributed by atoms with Crippen molar-refractivity contribution in [1.82, 2.24) is 5.32 Å². The molecule has 1 aliphatic heterocycles. The Morgan fingerprint density at radius 1 is 1.41 bits per heavy atom. The molecule has 2 rings (SSSR count). The van der Waals surface area contributed by atoms with Gasteiger partial charge < -0.3 is 11.1 Å². The zero-order valence-corrected chi connectivity index (χ0v) is 11.0. The molecule has 1 heterocycles. The van der Waals surface area contributed by atoms with Crippen LogP contribution in [0.1, 0.15) is 23.2 Å². The summed E-state index contributed by atoms with van der Waals surface area (Å²) in [5, 5.41) is 3.35. The third-order valence-electron chi connectivity index (χ3n) is 2.83. The van der Waals surface area contributed by atoms with Crippen LogP contribution in [0.5, 0.6) is 0 Å². The Hall–Kier alpha value is -0.870. The molecule has 0 aromatic heterocycles. The summed E-state index contributed by atoms with van der Waals surface area (Å²) >= 11 is 7.95. The first-order valence-corrected chi connectivity index (χ1v) is 7.14. The van der Waals surface area contributed by atoms with Gasteiger partial charge in [-0.1, -0.05) is 17.7 Å². The highest BCUT2D eigenvalue weighted by Gasteiger charge is 2.18. The Morgan fingerprint density at radius 3 is 2.82 bits per heavy atom. The zero-order valence-electron chi connectivity index (χ0n) is 9.41. The molecule has 0 aliphatic carbocycles. The molecule has 1 amide bonds. The summed E-state index contributed by atoms with van der Waals surface area (Å²) < 4.78 is 0. The molecule has 0 spiro atoms. The van der Waals surface area contributed by atoms with Gasteiger partial charge in [-0.3, -0.25) is 4.79 Å². The van der Waals surface area contributed by atoms with Gasteiger partial charge in [-0.25, -0.2) is 0 Å². The van der Waals surface area contributed by atoms with E-state index in [1.54, 1.807) is 18.2 Å². The van der Waals surface area contributed by atoms with Crippen LogP contribution in [0.2, 0.25) is 5.02 Å². The molecule has 1 fully saturated rings. The van der Waals surface area contributed by atoms with Gasteiger partial charge in [0.1, 0.15) is 0 Å². The summed E-state index contributed by atoms with van der Waals surface area (Å²) in [7, 11) is 0. The number of amides is 1. The average molecular weight is 271 g/mol. The molecule has 5 heteroatoms. The molecule has 0 atom stereocenters. The summed E-state index contributed by atoms with van der Waals surface area (Å²) in [5.74, 6) is 2.09. The predicted octanol–water partition coefficient (Wildman–Crippen LogP) is 2.55. The first-order valence-electron chi connectivity index (χ1n) is 5.61. The summed E-state index contributed by atoms with van der Waals surface area (Å²) in [6.07, 6.45) is 2.05. The smallest absolute Gasteiger partial charge is 0.253 e. The Kier molecular flexibility index (Phi) is 4.18. The summed E-state index contributed by atoms with van der Waals surface area (Å²) in [6.45, 7) is 0. The van der Waals surface area contributed by atoms with Crippen LogP contribution in [0.3, 0.4) is 0 Å². The lowest BCUT2D eigenvalue weighted by molar-refractivity contribution is 0.0935. The molecule has 0 radical (unpaired) electrons. The Morgan fingerprint density at radius 2 is 2.12 bits per heavy atom. The molecule has 3 N–H and O–H groups in total. The van der Waals surface area contributed by atoms with Gasteiger partial charge in [0, 0.05) is 6.04 Å². The number of carbonyl (C=O) groups is 1. The second-order valence-corrected chi connectivity index (χ2v) is 5.67. The first-order chi connectivity index (χ1) is 8.18. The van der Waals surface area contributed by atoms with Gasteiger partial charge in [0.2, 0.25) is 0 Å². The van der Waals surface area contributed by atoms with E-state index in [0.29, 0.717) is 16.3 Å². The van der Waals surface area contributed by atoms with E-state index in [0.717, 1.165) is 24.3 Å². The number of nitrogens with one attached hydrogen (secondary N) is 1. The number of rotatable bonds is 2. The number of nitrogens with two attached hydrogens (primary N) is 1. The molecule has 1 aromatic rings. The third-order valence-corrected chi connectivity index (χ3v) is 4.30.